The van der Waals surface area contributed by atoms with Gasteiger partial charge in [0, 0.05) is 29.3 Å². The second-order valence-corrected chi connectivity index (χ2v) is 8.33. The minimum Gasteiger partial charge on any atom is -0.371 e. The number of rotatable bonds is 2. The van der Waals surface area contributed by atoms with E-state index in [0.717, 1.165) is 23.5 Å². The lowest BCUT2D eigenvalue weighted by Crippen LogP contribution is -2.26. The summed E-state index contributed by atoms with van der Waals surface area (Å²) in [6.07, 6.45) is 3.92. The highest BCUT2D eigenvalue weighted by molar-refractivity contribution is 9.10. The van der Waals surface area contributed by atoms with Gasteiger partial charge in [-0.2, -0.15) is 0 Å². The van der Waals surface area contributed by atoms with Gasteiger partial charge in [0.05, 0.1) is 0 Å². The van der Waals surface area contributed by atoms with Gasteiger partial charge < -0.3 is 10.6 Å². The summed E-state index contributed by atoms with van der Waals surface area (Å²) in [7, 11) is 0. The molecule has 1 aliphatic heterocycles. The number of nitrogens with zero attached hydrogens (tertiary/aromatic N) is 1. The van der Waals surface area contributed by atoms with E-state index in [9.17, 15) is 0 Å². The van der Waals surface area contributed by atoms with Crippen LogP contribution < -0.4 is 10.6 Å². The Morgan fingerprint density at radius 3 is 2.52 bits per heavy atom. The van der Waals surface area contributed by atoms with Crippen molar-refractivity contribution in [3.63, 3.8) is 0 Å². The zero-order valence-electron chi connectivity index (χ0n) is 13.8. The van der Waals surface area contributed by atoms with Crippen LogP contribution in [0, 0.1) is 11.3 Å². The summed E-state index contributed by atoms with van der Waals surface area (Å²) in [5.41, 5.74) is 8.92. The Hall–Kier alpha value is -0.540. The summed E-state index contributed by atoms with van der Waals surface area (Å²) in [5.74, 6) is 0.828. The maximum Gasteiger partial charge on any atom is 0.0377 e. The van der Waals surface area contributed by atoms with Crippen LogP contribution in [0.25, 0.3) is 0 Å². The SMILES string of the molecule is CC(N)c1ccc(N2CCCC(C(C)(C)C)CC2)cc1Br. The van der Waals surface area contributed by atoms with Gasteiger partial charge in [0.1, 0.15) is 0 Å². The van der Waals surface area contributed by atoms with Crippen LogP contribution in [0.5, 0.6) is 0 Å². The Morgan fingerprint density at radius 2 is 1.95 bits per heavy atom. The van der Waals surface area contributed by atoms with Crippen LogP contribution in [0.2, 0.25) is 0 Å². The molecular weight excluding hydrogens is 324 g/mol. The molecule has 2 N–H and O–H groups in total. The first-order valence-corrected chi connectivity index (χ1v) is 8.88. The van der Waals surface area contributed by atoms with E-state index in [2.05, 4.69) is 59.8 Å². The van der Waals surface area contributed by atoms with Gasteiger partial charge in [-0.25, -0.2) is 0 Å². The summed E-state index contributed by atoms with van der Waals surface area (Å²) in [6.45, 7) is 11.5. The number of hydrogen-bond donors (Lipinski definition) is 1. The number of hydrogen-bond acceptors (Lipinski definition) is 2. The third kappa shape index (κ3) is 4.23. The van der Waals surface area contributed by atoms with Crippen LogP contribution in [0.4, 0.5) is 5.69 Å². The third-order valence-electron chi connectivity index (χ3n) is 4.79. The minimum absolute atomic E-state index is 0.0721. The van der Waals surface area contributed by atoms with E-state index >= 15 is 0 Å². The quantitative estimate of drug-likeness (QED) is 0.799. The van der Waals surface area contributed by atoms with Gasteiger partial charge in [-0.15, -0.1) is 0 Å². The molecule has 2 rings (SSSR count). The standard InChI is InChI=1S/C18H29BrN2/c1-13(20)16-8-7-15(12-17(16)19)21-10-5-6-14(9-11-21)18(2,3)4/h7-8,12-14H,5-6,9-11,20H2,1-4H3. The maximum atomic E-state index is 5.99. The first-order chi connectivity index (χ1) is 9.79. The number of halogens is 1. The van der Waals surface area contributed by atoms with Gasteiger partial charge in [-0.3, -0.25) is 0 Å². The highest BCUT2D eigenvalue weighted by Gasteiger charge is 2.27. The molecule has 1 aliphatic rings. The molecule has 0 bridgehead atoms. The molecular formula is C18H29BrN2. The molecule has 21 heavy (non-hydrogen) atoms. The Morgan fingerprint density at radius 1 is 1.24 bits per heavy atom. The first-order valence-electron chi connectivity index (χ1n) is 8.09. The zero-order valence-corrected chi connectivity index (χ0v) is 15.4. The molecule has 3 heteroatoms. The molecule has 0 saturated carbocycles. The highest BCUT2D eigenvalue weighted by Crippen LogP contribution is 2.36. The molecule has 1 saturated heterocycles. The van der Waals surface area contributed by atoms with Crippen LogP contribution in [-0.2, 0) is 0 Å². The molecule has 1 heterocycles. The minimum atomic E-state index is 0.0721. The number of benzene rings is 1. The molecule has 0 aromatic heterocycles. The van der Waals surface area contributed by atoms with Gasteiger partial charge >= 0.3 is 0 Å². The monoisotopic (exact) mass is 352 g/mol. The van der Waals surface area contributed by atoms with Crippen molar-refractivity contribution in [2.45, 2.75) is 53.0 Å². The van der Waals surface area contributed by atoms with Crippen molar-refractivity contribution in [1.29, 1.82) is 0 Å². The lowest BCUT2D eigenvalue weighted by atomic mass is 9.77. The summed E-state index contributed by atoms with van der Waals surface area (Å²) in [4.78, 5) is 2.53. The van der Waals surface area contributed by atoms with Gasteiger partial charge in [-0.05, 0) is 55.2 Å². The van der Waals surface area contributed by atoms with Gasteiger partial charge in [0.2, 0.25) is 0 Å². The van der Waals surface area contributed by atoms with Crippen molar-refractivity contribution in [3.8, 4) is 0 Å². The van der Waals surface area contributed by atoms with E-state index in [1.807, 2.05) is 6.92 Å². The molecule has 0 radical (unpaired) electrons. The predicted octanol–water partition coefficient (Wildman–Crippen LogP) is 5.12. The average molecular weight is 353 g/mol. The Kier molecular flexibility index (Phi) is 5.37. The van der Waals surface area contributed by atoms with Crippen molar-refractivity contribution in [1.82, 2.24) is 0 Å². The second-order valence-electron chi connectivity index (χ2n) is 7.48. The van der Waals surface area contributed by atoms with Crippen LogP contribution >= 0.6 is 15.9 Å². The van der Waals surface area contributed by atoms with Crippen LogP contribution in [0.1, 0.15) is 58.6 Å². The van der Waals surface area contributed by atoms with Gasteiger partial charge in [-0.1, -0.05) is 42.8 Å². The molecule has 2 atom stereocenters. The van der Waals surface area contributed by atoms with E-state index in [1.165, 1.54) is 30.5 Å². The lowest BCUT2D eigenvalue weighted by Gasteiger charge is -2.30. The van der Waals surface area contributed by atoms with E-state index < -0.39 is 0 Å². The Balaban J connectivity index is 2.11. The van der Waals surface area contributed by atoms with E-state index in [-0.39, 0.29) is 6.04 Å². The molecule has 0 amide bonds. The molecule has 1 fully saturated rings. The second kappa shape index (κ2) is 6.70. The van der Waals surface area contributed by atoms with Crippen molar-refractivity contribution in [2.75, 3.05) is 18.0 Å². The fourth-order valence-corrected chi connectivity index (χ4v) is 4.03. The molecule has 0 aliphatic carbocycles. The van der Waals surface area contributed by atoms with Crippen molar-refractivity contribution in [2.24, 2.45) is 17.1 Å². The van der Waals surface area contributed by atoms with E-state index in [1.54, 1.807) is 0 Å². The number of anilines is 1. The van der Waals surface area contributed by atoms with Crippen molar-refractivity contribution in [3.05, 3.63) is 28.2 Å². The summed E-state index contributed by atoms with van der Waals surface area (Å²) < 4.78 is 1.13. The summed E-state index contributed by atoms with van der Waals surface area (Å²) in [5, 5.41) is 0. The van der Waals surface area contributed by atoms with Crippen molar-refractivity contribution >= 4 is 21.6 Å². The summed E-state index contributed by atoms with van der Waals surface area (Å²) >= 11 is 3.67. The lowest BCUT2D eigenvalue weighted by molar-refractivity contribution is 0.220. The van der Waals surface area contributed by atoms with Crippen molar-refractivity contribution < 1.29 is 0 Å². The molecule has 1 aromatic carbocycles. The highest BCUT2D eigenvalue weighted by atomic mass is 79.9. The maximum absolute atomic E-state index is 5.99. The van der Waals surface area contributed by atoms with Crippen LogP contribution in [0.15, 0.2) is 22.7 Å². The van der Waals surface area contributed by atoms with Crippen LogP contribution in [-0.4, -0.2) is 13.1 Å². The fourth-order valence-electron chi connectivity index (χ4n) is 3.30. The molecule has 2 unspecified atom stereocenters. The average Bonchev–Trinajstić information content (AvgIpc) is 2.63. The van der Waals surface area contributed by atoms with Crippen LogP contribution in [0.3, 0.4) is 0 Å². The molecule has 118 valence electrons. The van der Waals surface area contributed by atoms with Gasteiger partial charge in [0.25, 0.3) is 0 Å². The molecule has 1 aromatic rings. The Bertz CT molecular complexity index is 477. The fraction of sp³-hybridized carbons (Fsp3) is 0.667. The smallest absolute Gasteiger partial charge is 0.0377 e. The van der Waals surface area contributed by atoms with E-state index in [4.69, 9.17) is 5.73 Å². The molecule has 0 spiro atoms. The summed E-state index contributed by atoms with van der Waals surface area (Å²) in [6, 6.07) is 6.69. The predicted molar refractivity (Wildman–Crippen MR) is 95.8 cm³/mol. The normalized spacial score (nSPS) is 22.0. The zero-order chi connectivity index (χ0) is 15.6. The Labute approximate surface area is 138 Å². The van der Waals surface area contributed by atoms with Gasteiger partial charge in [0.15, 0.2) is 0 Å². The first kappa shape index (κ1) is 16.8. The number of nitrogens with two attached hydrogens (primary N) is 1. The molecule has 2 nitrogen and oxygen atoms in total. The third-order valence-corrected chi connectivity index (χ3v) is 5.48. The largest absolute Gasteiger partial charge is 0.371 e. The topological polar surface area (TPSA) is 29.3 Å². The van der Waals surface area contributed by atoms with E-state index in [0.29, 0.717) is 5.41 Å².